The van der Waals surface area contributed by atoms with Crippen LogP contribution in [-0.4, -0.2) is 0 Å². The second-order valence-electron chi connectivity index (χ2n) is 5.16. The molecule has 21 heavy (non-hydrogen) atoms. The van der Waals surface area contributed by atoms with Gasteiger partial charge in [-0.15, -0.1) is 11.3 Å². The van der Waals surface area contributed by atoms with Crippen LogP contribution < -0.4 is 0 Å². The zero-order chi connectivity index (χ0) is 14.0. The summed E-state index contributed by atoms with van der Waals surface area (Å²) in [5, 5.41) is 5.43. The molecule has 0 N–H and O–H groups in total. The van der Waals surface area contributed by atoms with Crippen LogP contribution in [-0.2, 0) is 0 Å². The van der Waals surface area contributed by atoms with Crippen LogP contribution in [0.15, 0.2) is 59.0 Å². The largest absolute Gasteiger partial charge is 0.455 e. The molecule has 0 saturated carbocycles. The van der Waals surface area contributed by atoms with E-state index in [0.29, 0.717) is 0 Å². The second kappa shape index (κ2) is 4.00. The van der Waals surface area contributed by atoms with E-state index in [1.165, 1.54) is 20.2 Å². The van der Waals surface area contributed by atoms with Gasteiger partial charge in [0.15, 0.2) is 0 Å². The van der Waals surface area contributed by atoms with Crippen LogP contribution in [0.5, 0.6) is 0 Å². The second-order valence-corrected chi connectivity index (χ2v) is 6.68. The Labute approximate surface area is 129 Å². The van der Waals surface area contributed by atoms with Gasteiger partial charge in [-0.1, -0.05) is 29.8 Å². The quantitative estimate of drug-likeness (QED) is 0.314. The van der Waals surface area contributed by atoms with Gasteiger partial charge in [0.25, 0.3) is 0 Å². The average Bonchev–Trinajstić information content (AvgIpc) is 3.04. The van der Waals surface area contributed by atoms with E-state index in [9.17, 15) is 0 Å². The highest BCUT2D eigenvalue weighted by atomic mass is 35.5. The lowest BCUT2D eigenvalue weighted by molar-refractivity contribution is 0.673. The highest BCUT2D eigenvalue weighted by Gasteiger charge is 2.14. The smallest absolute Gasteiger partial charge is 0.144 e. The molecule has 0 bridgehead atoms. The lowest BCUT2D eigenvalue weighted by atomic mass is 10.1. The van der Waals surface area contributed by atoms with Crippen LogP contribution in [0.4, 0.5) is 0 Å². The monoisotopic (exact) mass is 308 g/mol. The predicted octanol–water partition coefficient (Wildman–Crippen LogP) is 6.61. The van der Waals surface area contributed by atoms with Gasteiger partial charge in [-0.3, -0.25) is 0 Å². The standard InChI is InChI=1S/C18H9ClOS/c19-10-5-7-15-13(9-10)17-16(21-15)8-6-12-11-3-1-2-4-14(11)20-18(12)17/h1-9H. The minimum atomic E-state index is 0.760. The molecule has 3 heteroatoms. The molecular formula is C18H9ClOS. The van der Waals surface area contributed by atoms with E-state index >= 15 is 0 Å². The summed E-state index contributed by atoms with van der Waals surface area (Å²) in [6.45, 7) is 0. The van der Waals surface area contributed by atoms with E-state index in [2.05, 4.69) is 24.3 Å². The van der Waals surface area contributed by atoms with Crippen LogP contribution in [0.1, 0.15) is 0 Å². The fourth-order valence-corrected chi connectivity index (χ4v) is 4.27. The molecule has 5 aromatic rings. The number of fused-ring (bicyclic) bond motifs is 7. The van der Waals surface area contributed by atoms with Gasteiger partial charge in [0.2, 0.25) is 0 Å². The molecule has 0 aliphatic rings. The maximum absolute atomic E-state index is 6.18. The zero-order valence-electron chi connectivity index (χ0n) is 10.9. The molecule has 100 valence electrons. The first-order valence-electron chi connectivity index (χ1n) is 6.73. The molecule has 0 atom stereocenters. The Kier molecular flexibility index (Phi) is 2.21. The highest BCUT2D eigenvalue weighted by molar-refractivity contribution is 7.26. The fraction of sp³-hybridized carbons (Fsp3) is 0. The van der Waals surface area contributed by atoms with Crippen LogP contribution in [0.3, 0.4) is 0 Å². The van der Waals surface area contributed by atoms with E-state index < -0.39 is 0 Å². The van der Waals surface area contributed by atoms with Crippen LogP contribution in [0.2, 0.25) is 5.02 Å². The molecule has 0 radical (unpaired) electrons. The van der Waals surface area contributed by atoms with Crippen molar-refractivity contribution in [2.45, 2.75) is 0 Å². The molecule has 5 rings (SSSR count). The molecule has 1 nitrogen and oxygen atoms in total. The topological polar surface area (TPSA) is 13.1 Å². The van der Waals surface area contributed by atoms with Crippen molar-refractivity contribution in [3.8, 4) is 0 Å². The Hall–Kier alpha value is -2.03. The summed E-state index contributed by atoms with van der Waals surface area (Å²) in [6, 6.07) is 18.6. The molecule has 2 heterocycles. The summed E-state index contributed by atoms with van der Waals surface area (Å²) >= 11 is 7.96. The predicted molar refractivity (Wildman–Crippen MR) is 91.6 cm³/mol. The van der Waals surface area contributed by atoms with Gasteiger partial charge in [0.1, 0.15) is 11.2 Å². The Morgan fingerprint density at radius 3 is 2.62 bits per heavy atom. The number of thiophene rings is 1. The van der Waals surface area contributed by atoms with Crippen molar-refractivity contribution < 1.29 is 4.42 Å². The van der Waals surface area contributed by atoms with Crippen LogP contribution in [0.25, 0.3) is 42.1 Å². The summed E-state index contributed by atoms with van der Waals surface area (Å²) in [7, 11) is 0. The maximum atomic E-state index is 6.18. The minimum Gasteiger partial charge on any atom is -0.455 e. The summed E-state index contributed by atoms with van der Waals surface area (Å²) in [5.41, 5.74) is 1.89. The number of benzene rings is 3. The first kappa shape index (κ1) is 11.6. The number of halogens is 1. The average molecular weight is 309 g/mol. The van der Waals surface area contributed by atoms with Crippen LogP contribution >= 0.6 is 22.9 Å². The van der Waals surface area contributed by atoms with Gasteiger partial charge in [-0.25, -0.2) is 0 Å². The normalized spacial score (nSPS) is 12.0. The number of hydrogen-bond donors (Lipinski definition) is 0. The van der Waals surface area contributed by atoms with Crippen LogP contribution in [0, 0.1) is 0 Å². The zero-order valence-corrected chi connectivity index (χ0v) is 12.5. The minimum absolute atomic E-state index is 0.760. The van der Waals surface area contributed by atoms with Crippen molar-refractivity contribution in [2.24, 2.45) is 0 Å². The van der Waals surface area contributed by atoms with Gasteiger partial charge < -0.3 is 4.42 Å². The molecule has 0 aliphatic carbocycles. The third-order valence-corrected chi connectivity index (χ3v) is 5.31. The highest BCUT2D eigenvalue weighted by Crippen LogP contribution is 2.42. The summed E-state index contributed by atoms with van der Waals surface area (Å²) in [6.07, 6.45) is 0. The van der Waals surface area contributed by atoms with Crippen molar-refractivity contribution in [2.75, 3.05) is 0 Å². The maximum Gasteiger partial charge on any atom is 0.144 e. The van der Waals surface area contributed by atoms with E-state index in [-0.39, 0.29) is 0 Å². The van der Waals surface area contributed by atoms with Crippen molar-refractivity contribution in [3.63, 3.8) is 0 Å². The fourth-order valence-electron chi connectivity index (χ4n) is 3.02. The van der Waals surface area contributed by atoms with E-state index in [1.807, 2.05) is 30.3 Å². The number of furan rings is 1. The Bertz CT molecular complexity index is 1150. The van der Waals surface area contributed by atoms with E-state index in [1.54, 1.807) is 11.3 Å². The molecule has 0 unspecified atom stereocenters. The summed E-state index contributed by atoms with van der Waals surface area (Å²) in [4.78, 5) is 0. The third kappa shape index (κ3) is 1.52. The molecule has 0 spiro atoms. The van der Waals surface area contributed by atoms with Gasteiger partial charge in [0.05, 0.1) is 0 Å². The molecule has 3 aromatic carbocycles. The Balaban J connectivity index is 2.11. The first-order valence-corrected chi connectivity index (χ1v) is 7.93. The van der Waals surface area contributed by atoms with Gasteiger partial charge in [0, 0.05) is 36.0 Å². The SMILES string of the molecule is Clc1ccc2sc3ccc4c5ccccc5oc4c3c2c1. The number of para-hydroxylation sites is 1. The lowest BCUT2D eigenvalue weighted by Crippen LogP contribution is -1.69. The molecule has 0 amide bonds. The number of hydrogen-bond acceptors (Lipinski definition) is 2. The summed E-state index contributed by atoms with van der Waals surface area (Å²) in [5.74, 6) is 0. The molecule has 2 aromatic heterocycles. The molecule has 0 aliphatic heterocycles. The molecule has 0 fully saturated rings. The van der Waals surface area contributed by atoms with E-state index in [4.69, 9.17) is 16.0 Å². The van der Waals surface area contributed by atoms with Crippen molar-refractivity contribution in [1.29, 1.82) is 0 Å². The first-order chi connectivity index (χ1) is 10.3. The summed E-state index contributed by atoms with van der Waals surface area (Å²) < 4.78 is 8.61. The van der Waals surface area contributed by atoms with Gasteiger partial charge in [-0.05, 0) is 36.4 Å². The van der Waals surface area contributed by atoms with Crippen molar-refractivity contribution in [3.05, 3.63) is 59.6 Å². The molecular weight excluding hydrogens is 300 g/mol. The molecule has 0 saturated heterocycles. The Morgan fingerprint density at radius 1 is 0.810 bits per heavy atom. The van der Waals surface area contributed by atoms with Gasteiger partial charge in [-0.2, -0.15) is 0 Å². The number of rotatable bonds is 0. The van der Waals surface area contributed by atoms with Crippen molar-refractivity contribution in [1.82, 2.24) is 0 Å². The lowest BCUT2D eigenvalue weighted by Gasteiger charge is -1.94. The third-order valence-electron chi connectivity index (χ3n) is 3.94. The van der Waals surface area contributed by atoms with E-state index in [0.717, 1.165) is 27.0 Å². The Morgan fingerprint density at radius 2 is 1.67 bits per heavy atom. The van der Waals surface area contributed by atoms with Gasteiger partial charge >= 0.3 is 0 Å². The van der Waals surface area contributed by atoms with Crippen molar-refractivity contribution >= 4 is 65.0 Å².